The highest BCUT2D eigenvalue weighted by Crippen LogP contribution is 2.33. The number of likely N-dealkylation sites (tertiary alicyclic amines) is 2. The molecular weight excluding hydrogens is 452 g/mol. The lowest BCUT2D eigenvalue weighted by atomic mass is 10.1. The van der Waals surface area contributed by atoms with Crippen LogP contribution in [-0.2, 0) is 6.54 Å². The predicted molar refractivity (Wildman–Crippen MR) is 137 cm³/mol. The number of nitrogens with one attached hydrogen (secondary N) is 1. The summed E-state index contributed by atoms with van der Waals surface area (Å²) in [5, 5.41) is 7.67. The van der Waals surface area contributed by atoms with E-state index in [1.54, 1.807) is 16.9 Å². The molecule has 1 N–H and O–H groups in total. The van der Waals surface area contributed by atoms with Crippen LogP contribution < -0.4 is 5.32 Å². The normalized spacial score (nSPS) is 21.0. The third-order valence-electron chi connectivity index (χ3n) is 8.03. The molecule has 1 aromatic carbocycles. The molecule has 2 saturated heterocycles. The largest absolute Gasteiger partial charge is 0.349 e. The number of fused-ring (bicyclic) bond motifs is 1. The molecule has 0 radical (unpaired) electrons. The molecule has 8 nitrogen and oxygen atoms in total. The molecule has 3 fully saturated rings. The number of hydrogen-bond donors (Lipinski definition) is 1. The van der Waals surface area contributed by atoms with Gasteiger partial charge in [0.15, 0.2) is 5.65 Å². The van der Waals surface area contributed by atoms with E-state index in [1.165, 1.54) is 18.4 Å². The van der Waals surface area contributed by atoms with Crippen molar-refractivity contribution in [1.29, 1.82) is 0 Å². The minimum Gasteiger partial charge on any atom is -0.349 e. The Morgan fingerprint density at radius 2 is 1.69 bits per heavy atom. The maximum Gasteiger partial charge on any atom is 0.256 e. The number of amides is 2. The van der Waals surface area contributed by atoms with Gasteiger partial charge in [-0.1, -0.05) is 25.0 Å². The zero-order valence-electron chi connectivity index (χ0n) is 20.7. The fourth-order valence-corrected chi connectivity index (χ4v) is 6.09. The second-order valence-electron chi connectivity index (χ2n) is 10.5. The monoisotopic (exact) mass is 486 g/mol. The zero-order chi connectivity index (χ0) is 24.5. The summed E-state index contributed by atoms with van der Waals surface area (Å²) in [6.07, 6.45) is 12.1. The fourth-order valence-electron chi connectivity index (χ4n) is 6.09. The van der Waals surface area contributed by atoms with E-state index >= 15 is 0 Å². The van der Waals surface area contributed by atoms with Gasteiger partial charge in [-0.25, -0.2) is 9.50 Å². The first kappa shape index (κ1) is 23.2. The summed E-state index contributed by atoms with van der Waals surface area (Å²) >= 11 is 0. The molecule has 0 unspecified atom stereocenters. The van der Waals surface area contributed by atoms with Crippen LogP contribution in [0, 0.1) is 0 Å². The van der Waals surface area contributed by atoms with Crippen LogP contribution in [0.25, 0.3) is 5.65 Å². The van der Waals surface area contributed by atoms with Crippen molar-refractivity contribution in [3.05, 3.63) is 65.1 Å². The summed E-state index contributed by atoms with van der Waals surface area (Å²) in [5.41, 5.74) is 3.91. The van der Waals surface area contributed by atoms with E-state index in [2.05, 4.69) is 32.4 Å². The van der Waals surface area contributed by atoms with Gasteiger partial charge in [-0.3, -0.25) is 14.5 Å². The SMILES string of the molecule is O=C(NC1CCCC1)c1cnn2c([C@H]3CCCN3C(=O)c3ccc(CN4CCCC4)cc3)ccnc12. The Bertz CT molecular complexity index is 1240. The van der Waals surface area contributed by atoms with E-state index in [4.69, 9.17) is 0 Å². The Balaban J connectivity index is 1.21. The van der Waals surface area contributed by atoms with Crippen molar-refractivity contribution in [2.45, 2.75) is 70.0 Å². The van der Waals surface area contributed by atoms with Gasteiger partial charge in [0.1, 0.15) is 5.56 Å². The van der Waals surface area contributed by atoms with Crippen molar-refractivity contribution < 1.29 is 9.59 Å². The highest BCUT2D eigenvalue weighted by atomic mass is 16.2. The van der Waals surface area contributed by atoms with Crippen LogP contribution in [0.15, 0.2) is 42.7 Å². The van der Waals surface area contributed by atoms with E-state index < -0.39 is 0 Å². The second-order valence-corrected chi connectivity index (χ2v) is 10.5. The number of rotatable bonds is 6. The van der Waals surface area contributed by atoms with Gasteiger partial charge in [-0.15, -0.1) is 0 Å². The van der Waals surface area contributed by atoms with Gasteiger partial charge >= 0.3 is 0 Å². The van der Waals surface area contributed by atoms with E-state index in [9.17, 15) is 9.59 Å². The molecule has 4 heterocycles. The first-order valence-electron chi connectivity index (χ1n) is 13.4. The zero-order valence-corrected chi connectivity index (χ0v) is 20.7. The number of hydrogen-bond acceptors (Lipinski definition) is 5. The molecule has 3 aromatic rings. The smallest absolute Gasteiger partial charge is 0.256 e. The predicted octanol–water partition coefficient (Wildman–Crippen LogP) is 3.97. The second kappa shape index (κ2) is 10.0. The maximum atomic E-state index is 13.5. The lowest BCUT2D eigenvalue weighted by molar-refractivity contribution is 0.0731. The van der Waals surface area contributed by atoms with Crippen LogP contribution in [-0.4, -0.2) is 61.9 Å². The quantitative estimate of drug-likeness (QED) is 0.570. The van der Waals surface area contributed by atoms with Gasteiger partial charge in [0.05, 0.1) is 17.9 Å². The van der Waals surface area contributed by atoms with Crippen LogP contribution >= 0.6 is 0 Å². The Kier molecular flexibility index (Phi) is 6.44. The number of nitrogens with zero attached hydrogens (tertiary/aromatic N) is 5. The van der Waals surface area contributed by atoms with Gasteiger partial charge in [0, 0.05) is 30.9 Å². The lowest BCUT2D eigenvalue weighted by Gasteiger charge is -2.25. The first-order valence-corrected chi connectivity index (χ1v) is 13.4. The third kappa shape index (κ3) is 4.50. The molecular formula is C28H34N6O2. The van der Waals surface area contributed by atoms with E-state index in [-0.39, 0.29) is 23.9 Å². The molecule has 0 bridgehead atoms. The minimum absolute atomic E-state index is 0.0431. The Morgan fingerprint density at radius 1 is 0.917 bits per heavy atom. The van der Waals surface area contributed by atoms with Gasteiger partial charge in [0.2, 0.25) is 0 Å². The van der Waals surface area contributed by atoms with Crippen LogP contribution in [0.3, 0.4) is 0 Å². The van der Waals surface area contributed by atoms with Crippen LogP contribution in [0.5, 0.6) is 0 Å². The topological polar surface area (TPSA) is 82.8 Å². The fraction of sp³-hybridized carbons (Fsp3) is 0.500. The standard InChI is InChI=1S/C28H34N6O2/c35-27(31-22-6-1-2-7-22)23-18-30-34-25(13-14-29-26(23)34)24-8-5-17-33(24)28(36)21-11-9-20(10-12-21)19-32-15-3-4-16-32/h9-14,18,22,24H,1-8,15-17,19H2,(H,31,35)/t24-/m1/s1. The average Bonchev–Trinajstić information content (AvgIpc) is 3.71. The maximum absolute atomic E-state index is 13.5. The molecule has 2 aromatic heterocycles. The summed E-state index contributed by atoms with van der Waals surface area (Å²) in [4.78, 5) is 35.4. The van der Waals surface area contributed by atoms with E-state index in [0.717, 1.165) is 69.4 Å². The highest BCUT2D eigenvalue weighted by molar-refractivity contribution is 6.00. The van der Waals surface area contributed by atoms with Crippen molar-refractivity contribution in [1.82, 2.24) is 29.7 Å². The molecule has 188 valence electrons. The van der Waals surface area contributed by atoms with Gasteiger partial charge in [-0.05, 0) is 75.4 Å². The van der Waals surface area contributed by atoms with Crippen molar-refractivity contribution >= 4 is 17.5 Å². The van der Waals surface area contributed by atoms with Crippen molar-refractivity contribution in [2.24, 2.45) is 0 Å². The molecule has 2 amide bonds. The van der Waals surface area contributed by atoms with Crippen molar-refractivity contribution in [2.75, 3.05) is 19.6 Å². The first-order chi connectivity index (χ1) is 17.7. The molecule has 36 heavy (non-hydrogen) atoms. The Morgan fingerprint density at radius 3 is 2.47 bits per heavy atom. The van der Waals surface area contributed by atoms with Gasteiger partial charge in [0.25, 0.3) is 11.8 Å². The van der Waals surface area contributed by atoms with Crippen LogP contribution in [0.4, 0.5) is 0 Å². The summed E-state index contributed by atoms with van der Waals surface area (Å²) in [5.74, 6) is -0.0727. The van der Waals surface area contributed by atoms with Crippen LogP contribution in [0.1, 0.15) is 89.4 Å². The highest BCUT2D eigenvalue weighted by Gasteiger charge is 2.33. The number of benzene rings is 1. The lowest BCUT2D eigenvalue weighted by Crippen LogP contribution is -2.33. The summed E-state index contributed by atoms with van der Waals surface area (Å²) < 4.78 is 1.75. The molecule has 1 saturated carbocycles. The number of carbonyl (C=O) groups excluding carboxylic acids is 2. The Hall–Kier alpha value is -3.26. The molecule has 6 rings (SSSR count). The molecule has 0 spiro atoms. The van der Waals surface area contributed by atoms with Gasteiger partial charge in [-0.2, -0.15) is 5.10 Å². The molecule has 1 aliphatic carbocycles. The molecule has 3 aliphatic rings. The molecule has 2 aliphatic heterocycles. The summed E-state index contributed by atoms with van der Waals surface area (Å²) in [7, 11) is 0. The van der Waals surface area contributed by atoms with E-state index in [0.29, 0.717) is 17.8 Å². The van der Waals surface area contributed by atoms with Crippen molar-refractivity contribution in [3.63, 3.8) is 0 Å². The average molecular weight is 487 g/mol. The summed E-state index contributed by atoms with van der Waals surface area (Å²) in [6, 6.07) is 10.2. The number of aromatic nitrogens is 3. The third-order valence-corrected chi connectivity index (χ3v) is 8.03. The van der Waals surface area contributed by atoms with Crippen molar-refractivity contribution in [3.8, 4) is 0 Å². The minimum atomic E-state index is -0.116. The van der Waals surface area contributed by atoms with Gasteiger partial charge < -0.3 is 10.2 Å². The molecule has 1 atom stereocenters. The molecule has 8 heteroatoms. The Labute approximate surface area is 211 Å². The van der Waals surface area contributed by atoms with E-state index in [1.807, 2.05) is 23.1 Å². The summed E-state index contributed by atoms with van der Waals surface area (Å²) in [6.45, 7) is 3.98. The number of carbonyl (C=O) groups is 2. The van der Waals surface area contributed by atoms with Crippen LogP contribution in [0.2, 0.25) is 0 Å².